The predicted octanol–water partition coefficient (Wildman–Crippen LogP) is 5.63. The first kappa shape index (κ1) is 25.8. The number of carbonyl (C=O) groups excluding carboxylic acids is 2. The summed E-state index contributed by atoms with van der Waals surface area (Å²) in [5.41, 5.74) is 3.32. The number of fused-ring (bicyclic) bond motifs is 1. The molecule has 4 heterocycles. The van der Waals surface area contributed by atoms with Gasteiger partial charge in [0.1, 0.15) is 11.8 Å². The maximum atomic E-state index is 13.1. The number of hydrogen-bond acceptors (Lipinski definition) is 7. The second-order valence-electron chi connectivity index (χ2n) is 8.81. The number of nitrogens with one attached hydrogen (secondary N) is 3. The molecule has 0 saturated heterocycles. The molecule has 0 fully saturated rings. The number of rotatable bonds is 8. The molecule has 6 rings (SSSR count). The summed E-state index contributed by atoms with van der Waals surface area (Å²) in [5.74, 6) is 0.708. The first-order valence-corrected chi connectivity index (χ1v) is 13.8. The number of para-hydroxylation sites is 1. The number of carbonyl (C=O) groups is 2. The summed E-state index contributed by atoms with van der Waals surface area (Å²) in [5, 5.41) is 16.7. The number of ether oxygens (including phenoxy) is 1. The molecule has 0 saturated carbocycles. The normalized spacial score (nSPS) is 15.2. The van der Waals surface area contributed by atoms with E-state index in [0.29, 0.717) is 27.5 Å². The fourth-order valence-electron chi connectivity index (χ4n) is 4.60. The van der Waals surface area contributed by atoms with Crippen LogP contribution >= 0.6 is 23.4 Å². The van der Waals surface area contributed by atoms with E-state index in [1.54, 1.807) is 31.2 Å². The quantitative estimate of drug-likeness (QED) is 0.162. The molecule has 10 nitrogen and oxygen atoms in total. The number of aromatic amines is 1. The van der Waals surface area contributed by atoms with Crippen molar-refractivity contribution in [1.82, 2.24) is 30.4 Å². The lowest BCUT2D eigenvalue weighted by molar-refractivity contribution is -0.139. The first-order valence-electron chi connectivity index (χ1n) is 12.4. The van der Waals surface area contributed by atoms with Crippen molar-refractivity contribution in [3.8, 4) is 17.1 Å². The van der Waals surface area contributed by atoms with Crippen molar-refractivity contribution in [2.24, 2.45) is 0 Å². The molecule has 2 aromatic carbocycles. The molecule has 3 N–H and O–H groups in total. The molecule has 1 unspecified atom stereocenters. The number of urea groups is 1. The average molecular weight is 575 g/mol. The van der Waals surface area contributed by atoms with Crippen molar-refractivity contribution in [3.05, 3.63) is 95.2 Å². The van der Waals surface area contributed by atoms with Gasteiger partial charge in [-0.05, 0) is 49.4 Å². The van der Waals surface area contributed by atoms with E-state index in [0.717, 1.165) is 22.2 Å². The Morgan fingerprint density at radius 2 is 1.95 bits per heavy atom. The van der Waals surface area contributed by atoms with Gasteiger partial charge in [0.2, 0.25) is 0 Å². The van der Waals surface area contributed by atoms with E-state index in [4.69, 9.17) is 20.8 Å². The van der Waals surface area contributed by atoms with Gasteiger partial charge in [0.25, 0.3) is 0 Å². The Labute approximate surface area is 237 Å². The topological polar surface area (TPSA) is 127 Å². The Morgan fingerprint density at radius 3 is 2.73 bits per heavy atom. The molecule has 0 bridgehead atoms. The van der Waals surface area contributed by atoms with Crippen molar-refractivity contribution in [2.75, 3.05) is 12.4 Å². The van der Waals surface area contributed by atoms with Gasteiger partial charge < -0.3 is 24.8 Å². The maximum absolute atomic E-state index is 13.1. The number of benzene rings is 2. The standard InChI is InChI=1S/C28H23ClN6O4S/c1-2-38-26(36)23-21(31-27(37)32-24(23)22-8-5-13-39-22)15-40-28-34-33-25(35(28)17-11-9-16(29)10-12-17)19-14-30-20-7-4-3-6-18(19)20/h3-14,24,30H,2,15H2,1H3,(H2,31,32,37). The Bertz CT molecular complexity index is 1730. The van der Waals surface area contributed by atoms with Gasteiger partial charge in [-0.1, -0.05) is 41.6 Å². The third-order valence-electron chi connectivity index (χ3n) is 6.37. The highest BCUT2D eigenvalue weighted by molar-refractivity contribution is 7.99. The number of esters is 1. The number of hydrogen-bond donors (Lipinski definition) is 3. The smallest absolute Gasteiger partial charge is 0.338 e. The summed E-state index contributed by atoms with van der Waals surface area (Å²) in [4.78, 5) is 29.0. The van der Waals surface area contributed by atoms with Crippen LogP contribution in [0.5, 0.6) is 0 Å². The largest absolute Gasteiger partial charge is 0.467 e. The van der Waals surface area contributed by atoms with Crippen LogP contribution in [0.15, 0.2) is 94.0 Å². The number of thioether (sulfide) groups is 1. The Balaban J connectivity index is 1.42. The lowest BCUT2D eigenvalue weighted by Gasteiger charge is -2.27. The van der Waals surface area contributed by atoms with Crippen molar-refractivity contribution in [1.29, 1.82) is 0 Å². The van der Waals surface area contributed by atoms with Crippen molar-refractivity contribution >= 4 is 46.3 Å². The lowest BCUT2D eigenvalue weighted by atomic mass is 10.0. The highest BCUT2D eigenvalue weighted by atomic mass is 35.5. The summed E-state index contributed by atoms with van der Waals surface area (Å²) < 4.78 is 12.8. The molecule has 0 aliphatic carbocycles. The molecule has 2 amide bonds. The Morgan fingerprint density at radius 1 is 1.12 bits per heavy atom. The lowest BCUT2D eigenvalue weighted by Crippen LogP contribution is -2.46. The van der Waals surface area contributed by atoms with Gasteiger partial charge in [-0.25, -0.2) is 9.59 Å². The number of amides is 2. The fraction of sp³-hybridized carbons (Fsp3) is 0.143. The summed E-state index contributed by atoms with van der Waals surface area (Å²) >= 11 is 7.50. The van der Waals surface area contributed by atoms with Crippen LogP contribution in [0.4, 0.5) is 4.79 Å². The van der Waals surface area contributed by atoms with Crippen LogP contribution in [-0.4, -0.2) is 44.1 Å². The van der Waals surface area contributed by atoms with Gasteiger partial charge in [0.05, 0.1) is 18.4 Å². The van der Waals surface area contributed by atoms with Gasteiger partial charge in [-0.15, -0.1) is 10.2 Å². The number of H-pyrrole nitrogens is 1. The molecule has 0 spiro atoms. The number of aromatic nitrogens is 4. The van der Waals surface area contributed by atoms with Crippen LogP contribution in [0.25, 0.3) is 28.0 Å². The molecule has 12 heteroatoms. The summed E-state index contributed by atoms with van der Waals surface area (Å²) in [6, 6.07) is 17.5. The molecule has 3 aromatic heterocycles. The Hall–Kier alpha value is -4.48. The van der Waals surface area contributed by atoms with Crippen LogP contribution in [0.2, 0.25) is 5.02 Å². The van der Waals surface area contributed by atoms with E-state index in [-0.39, 0.29) is 17.9 Å². The van der Waals surface area contributed by atoms with E-state index < -0.39 is 18.0 Å². The molecular formula is C28H23ClN6O4S. The van der Waals surface area contributed by atoms with Gasteiger partial charge in [-0.3, -0.25) is 4.57 Å². The summed E-state index contributed by atoms with van der Waals surface area (Å²) in [6.45, 7) is 1.91. The van der Waals surface area contributed by atoms with E-state index >= 15 is 0 Å². The highest BCUT2D eigenvalue weighted by Gasteiger charge is 2.35. The number of furan rings is 1. The highest BCUT2D eigenvalue weighted by Crippen LogP contribution is 2.35. The average Bonchev–Trinajstić information content (AvgIpc) is 3.72. The molecule has 1 aliphatic heterocycles. The van der Waals surface area contributed by atoms with Gasteiger partial charge in [0.15, 0.2) is 11.0 Å². The van der Waals surface area contributed by atoms with Crippen LogP contribution in [-0.2, 0) is 9.53 Å². The van der Waals surface area contributed by atoms with Gasteiger partial charge in [-0.2, -0.15) is 0 Å². The third kappa shape index (κ3) is 4.85. The monoisotopic (exact) mass is 574 g/mol. The van der Waals surface area contributed by atoms with Gasteiger partial charge in [0, 0.05) is 44.8 Å². The van der Waals surface area contributed by atoms with Crippen molar-refractivity contribution in [2.45, 2.75) is 18.1 Å². The summed E-state index contributed by atoms with van der Waals surface area (Å²) in [7, 11) is 0. The molecule has 40 heavy (non-hydrogen) atoms. The van der Waals surface area contributed by atoms with Crippen LogP contribution < -0.4 is 10.6 Å². The van der Waals surface area contributed by atoms with E-state index in [1.165, 1.54) is 18.0 Å². The minimum atomic E-state index is -0.797. The van der Waals surface area contributed by atoms with Crippen LogP contribution in [0.3, 0.4) is 0 Å². The molecule has 202 valence electrons. The van der Waals surface area contributed by atoms with Crippen LogP contribution in [0, 0.1) is 0 Å². The Kier molecular flexibility index (Phi) is 7.06. The second kappa shape index (κ2) is 10.9. The van der Waals surface area contributed by atoms with Crippen molar-refractivity contribution < 1.29 is 18.7 Å². The summed E-state index contributed by atoms with van der Waals surface area (Å²) in [6.07, 6.45) is 3.39. The van der Waals surface area contributed by atoms with Crippen LogP contribution in [0.1, 0.15) is 18.7 Å². The SMILES string of the molecule is CCOC(=O)C1=C(CSc2nnc(-c3c[nH]c4ccccc34)n2-c2ccc(Cl)cc2)NC(=O)NC1c1ccco1. The molecule has 0 radical (unpaired) electrons. The minimum absolute atomic E-state index is 0.181. The van der Waals surface area contributed by atoms with E-state index in [2.05, 4.69) is 25.8 Å². The van der Waals surface area contributed by atoms with E-state index in [9.17, 15) is 9.59 Å². The number of halogens is 1. The first-order chi connectivity index (χ1) is 19.5. The molecule has 1 atom stereocenters. The third-order valence-corrected chi connectivity index (χ3v) is 7.58. The number of nitrogens with zero attached hydrogens (tertiary/aromatic N) is 3. The van der Waals surface area contributed by atoms with Gasteiger partial charge >= 0.3 is 12.0 Å². The second-order valence-corrected chi connectivity index (χ2v) is 10.2. The van der Waals surface area contributed by atoms with Crippen molar-refractivity contribution in [3.63, 3.8) is 0 Å². The zero-order chi connectivity index (χ0) is 27.6. The van der Waals surface area contributed by atoms with E-state index in [1.807, 2.05) is 47.2 Å². The zero-order valence-corrected chi connectivity index (χ0v) is 22.8. The molecule has 5 aromatic rings. The molecule has 1 aliphatic rings. The fourth-order valence-corrected chi connectivity index (χ4v) is 5.65. The maximum Gasteiger partial charge on any atom is 0.338 e. The predicted molar refractivity (Wildman–Crippen MR) is 151 cm³/mol. The zero-order valence-electron chi connectivity index (χ0n) is 21.2. The minimum Gasteiger partial charge on any atom is -0.467 e. The molecular weight excluding hydrogens is 552 g/mol.